The summed E-state index contributed by atoms with van der Waals surface area (Å²) in [6.07, 6.45) is 1.80. The Hall–Kier alpha value is -0.0800. The van der Waals surface area contributed by atoms with Crippen LogP contribution >= 0.6 is 0 Å². The average Bonchev–Trinajstić information content (AvgIpc) is 1.91. The fraction of sp³-hybridized carbons (Fsp3) is 1.00. The minimum atomic E-state index is -0.266. The average molecular weight is 144 g/mol. The Kier molecular flexibility index (Phi) is 2.02. The van der Waals surface area contributed by atoms with Crippen LogP contribution in [0.15, 0.2) is 0 Å². The number of rotatable bonds is 2. The third-order valence-electron chi connectivity index (χ3n) is 3.09. The van der Waals surface area contributed by atoms with Crippen LogP contribution in [0.1, 0.15) is 33.1 Å². The van der Waals surface area contributed by atoms with Crippen molar-refractivity contribution < 1.29 is 10.2 Å². The maximum Gasteiger partial charge on any atom is 0.0645 e. The van der Waals surface area contributed by atoms with Gasteiger partial charge in [0.15, 0.2) is 0 Å². The minimum absolute atomic E-state index is 0.167. The molecule has 1 rings (SSSR count). The van der Waals surface area contributed by atoms with Gasteiger partial charge in [0, 0.05) is 11.8 Å². The van der Waals surface area contributed by atoms with Gasteiger partial charge in [-0.3, -0.25) is 0 Å². The Balaban J connectivity index is 2.61. The van der Waals surface area contributed by atoms with E-state index >= 15 is 0 Å². The van der Waals surface area contributed by atoms with Crippen LogP contribution in [0.3, 0.4) is 0 Å². The largest absolute Gasteiger partial charge is 0.392 e. The fourth-order valence-electron chi connectivity index (χ4n) is 1.93. The molecule has 0 amide bonds. The zero-order valence-corrected chi connectivity index (χ0v) is 6.67. The van der Waals surface area contributed by atoms with E-state index in [4.69, 9.17) is 0 Å². The zero-order valence-electron chi connectivity index (χ0n) is 6.67. The quantitative estimate of drug-likeness (QED) is 0.605. The van der Waals surface area contributed by atoms with Crippen LogP contribution in [0, 0.1) is 5.41 Å². The highest BCUT2D eigenvalue weighted by atomic mass is 16.3. The standard InChI is InChI=1S/C8H16O2/c1-3-8(4-2)6(9)5-7(8)10/h6-7,9-10H,3-5H2,1-2H3. The van der Waals surface area contributed by atoms with Gasteiger partial charge < -0.3 is 10.2 Å². The second-order valence-corrected chi connectivity index (χ2v) is 3.21. The molecule has 2 atom stereocenters. The van der Waals surface area contributed by atoms with Gasteiger partial charge in [-0.05, 0) is 12.8 Å². The fourth-order valence-corrected chi connectivity index (χ4v) is 1.93. The van der Waals surface area contributed by atoms with E-state index in [-0.39, 0.29) is 17.6 Å². The summed E-state index contributed by atoms with van der Waals surface area (Å²) in [4.78, 5) is 0. The van der Waals surface area contributed by atoms with E-state index in [1.165, 1.54) is 0 Å². The van der Waals surface area contributed by atoms with Gasteiger partial charge in [-0.1, -0.05) is 13.8 Å². The molecule has 2 heteroatoms. The topological polar surface area (TPSA) is 40.5 Å². The van der Waals surface area contributed by atoms with E-state index < -0.39 is 0 Å². The monoisotopic (exact) mass is 144 g/mol. The molecule has 0 heterocycles. The summed E-state index contributed by atoms with van der Waals surface area (Å²) in [6, 6.07) is 0. The first-order valence-corrected chi connectivity index (χ1v) is 4.03. The van der Waals surface area contributed by atoms with Crippen LogP contribution in [-0.4, -0.2) is 22.4 Å². The Labute approximate surface area is 61.9 Å². The van der Waals surface area contributed by atoms with Crippen LogP contribution in [0.2, 0.25) is 0 Å². The van der Waals surface area contributed by atoms with E-state index in [2.05, 4.69) is 0 Å². The number of hydrogen-bond donors (Lipinski definition) is 2. The third kappa shape index (κ3) is 0.789. The van der Waals surface area contributed by atoms with Crippen molar-refractivity contribution in [1.82, 2.24) is 0 Å². The van der Waals surface area contributed by atoms with Gasteiger partial charge in [-0.25, -0.2) is 0 Å². The van der Waals surface area contributed by atoms with Crippen LogP contribution in [0.25, 0.3) is 0 Å². The van der Waals surface area contributed by atoms with Crippen molar-refractivity contribution >= 4 is 0 Å². The van der Waals surface area contributed by atoms with Gasteiger partial charge in [0.2, 0.25) is 0 Å². The predicted octanol–water partition coefficient (Wildman–Crippen LogP) is 0.918. The van der Waals surface area contributed by atoms with Gasteiger partial charge in [0.1, 0.15) is 0 Å². The minimum Gasteiger partial charge on any atom is -0.392 e. The summed E-state index contributed by atoms with van der Waals surface area (Å²) in [6.45, 7) is 4.05. The molecule has 0 bridgehead atoms. The second-order valence-electron chi connectivity index (χ2n) is 3.21. The molecule has 0 aromatic heterocycles. The zero-order chi connectivity index (χ0) is 7.78. The van der Waals surface area contributed by atoms with Crippen molar-refractivity contribution in [2.75, 3.05) is 0 Å². The van der Waals surface area contributed by atoms with Crippen molar-refractivity contribution in [3.05, 3.63) is 0 Å². The van der Waals surface area contributed by atoms with Crippen molar-refractivity contribution in [1.29, 1.82) is 0 Å². The Morgan fingerprint density at radius 2 is 1.60 bits per heavy atom. The molecule has 0 aliphatic heterocycles. The number of hydrogen-bond acceptors (Lipinski definition) is 2. The smallest absolute Gasteiger partial charge is 0.0645 e. The number of aliphatic hydroxyl groups excluding tert-OH is 2. The molecule has 1 aliphatic carbocycles. The highest BCUT2D eigenvalue weighted by Gasteiger charge is 2.50. The van der Waals surface area contributed by atoms with Crippen molar-refractivity contribution in [2.24, 2.45) is 5.41 Å². The first-order chi connectivity index (χ1) is 4.67. The normalized spacial score (nSPS) is 37.2. The maximum atomic E-state index is 9.37. The first kappa shape index (κ1) is 8.02. The van der Waals surface area contributed by atoms with E-state index in [1.54, 1.807) is 0 Å². The first-order valence-electron chi connectivity index (χ1n) is 4.03. The van der Waals surface area contributed by atoms with Gasteiger partial charge in [0.05, 0.1) is 12.2 Å². The van der Waals surface area contributed by atoms with Gasteiger partial charge >= 0.3 is 0 Å². The predicted molar refractivity (Wildman–Crippen MR) is 39.6 cm³/mol. The van der Waals surface area contributed by atoms with Crippen molar-refractivity contribution in [3.8, 4) is 0 Å². The van der Waals surface area contributed by atoms with Crippen LogP contribution in [-0.2, 0) is 0 Å². The van der Waals surface area contributed by atoms with Crippen LogP contribution in [0.5, 0.6) is 0 Å². The lowest BCUT2D eigenvalue weighted by Crippen LogP contribution is -2.56. The molecule has 60 valence electrons. The Morgan fingerprint density at radius 3 is 1.70 bits per heavy atom. The molecule has 1 aliphatic rings. The molecule has 0 radical (unpaired) electrons. The summed E-state index contributed by atoms with van der Waals surface area (Å²) < 4.78 is 0. The summed E-state index contributed by atoms with van der Waals surface area (Å²) in [7, 11) is 0. The van der Waals surface area contributed by atoms with Crippen LogP contribution < -0.4 is 0 Å². The molecule has 2 nitrogen and oxygen atoms in total. The molecule has 10 heavy (non-hydrogen) atoms. The summed E-state index contributed by atoms with van der Waals surface area (Å²) in [5, 5.41) is 18.7. The van der Waals surface area contributed by atoms with E-state index in [1.807, 2.05) is 13.8 Å². The Morgan fingerprint density at radius 1 is 1.20 bits per heavy atom. The molecule has 0 aromatic carbocycles. The number of aliphatic hydroxyl groups is 2. The van der Waals surface area contributed by atoms with Crippen molar-refractivity contribution in [2.45, 2.75) is 45.3 Å². The summed E-state index contributed by atoms with van der Waals surface area (Å²) in [5.74, 6) is 0. The Bertz CT molecular complexity index is 108. The van der Waals surface area contributed by atoms with E-state index in [9.17, 15) is 10.2 Å². The molecule has 1 saturated carbocycles. The van der Waals surface area contributed by atoms with Gasteiger partial charge in [-0.2, -0.15) is 0 Å². The molecule has 1 fully saturated rings. The molecule has 0 spiro atoms. The molecule has 2 unspecified atom stereocenters. The van der Waals surface area contributed by atoms with Crippen molar-refractivity contribution in [3.63, 3.8) is 0 Å². The highest BCUT2D eigenvalue weighted by Crippen LogP contribution is 2.46. The van der Waals surface area contributed by atoms with Gasteiger partial charge in [0.25, 0.3) is 0 Å². The second kappa shape index (κ2) is 2.51. The molecular formula is C8H16O2. The lowest BCUT2D eigenvalue weighted by Gasteiger charge is -2.50. The molecular weight excluding hydrogens is 128 g/mol. The lowest BCUT2D eigenvalue weighted by molar-refractivity contribution is -0.171. The highest BCUT2D eigenvalue weighted by molar-refractivity contribution is 5.01. The molecule has 0 saturated heterocycles. The SMILES string of the molecule is CCC1(CC)C(O)CC1O. The lowest BCUT2D eigenvalue weighted by atomic mass is 9.60. The van der Waals surface area contributed by atoms with Gasteiger partial charge in [-0.15, -0.1) is 0 Å². The molecule has 2 N–H and O–H groups in total. The third-order valence-corrected chi connectivity index (χ3v) is 3.09. The maximum absolute atomic E-state index is 9.37. The summed E-state index contributed by atoms with van der Waals surface area (Å²) in [5.41, 5.74) is -0.167. The van der Waals surface area contributed by atoms with E-state index in [0.717, 1.165) is 12.8 Å². The van der Waals surface area contributed by atoms with Crippen LogP contribution in [0.4, 0.5) is 0 Å². The van der Waals surface area contributed by atoms with E-state index in [0.29, 0.717) is 6.42 Å². The summed E-state index contributed by atoms with van der Waals surface area (Å²) >= 11 is 0. The molecule has 0 aromatic rings.